The number of thioether (sulfide) groups is 1. The normalized spacial score (nSPS) is 17.5. The molecule has 2 aromatic rings. The first-order chi connectivity index (χ1) is 10.8. The summed E-state index contributed by atoms with van der Waals surface area (Å²) in [6.07, 6.45) is 7.60. The molecule has 114 valence electrons. The molecule has 7 heteroatoms. The molecule has 0 saturated carbocycles. The number of ether oxygens (including phenoxy) is 1. The highest BCUT2D eigenvalue weighted by atomic mass is 32.2. The van der Waals surface area contributed by atoms with Crippen molar-refractivity contribution in [1.82, 2.24) is 19.9 Å². The summed E-state index contributed by atoms with van der Waals surface area (Å²) in [5, 5.41) is 0.753. The monoisotopic (exact) mass is 316 g/mol. The summed E-state index contributed by atoms with van der Waals surface area (Å²) < 4.78 is 5.71. The summed E-state index contributed by atoms with van der Waals surface area (Å²) in [6, 6.07) is 5.70. The number of likely N-dealkylation sites (tertiary alicyclic amines) is 1. The Kier molecular flexibility index (Phi) is 4.53. The van der Waals surface area contributed by atoms with Crippen LogP contribution in [-0.4, -0.2) is 51.2 Å². The molecule has 1 saturated heterocycles. The molecule has 3 heterocycles. The predicted octanol–water partition coefficient (Wildman–Crippen LogP) is 1.89. The second kappa shape index (κ2) is 6.74. The Hall–Kier alpha value is -2.15. The Bertz CT molecular complexity index is 653. The van der Waals surface area contributed by atoms with Gasteiger partial charge in [0.25, 0.3) is 5.91 Å². The maximum atomic E-state index is 12.6. The van der Waals surface area contributed by atoms with Gasteiger partial charge in [-0.25, -0.2) is 15.0 Å². The number of hydrogen-bond acceptors (Lipinski definition) is 6. The highest BCUT2D eigenvalue weighted by molar-refractivity contribution is 7.98. The van der Waals surface area contributed by atoms with Crippen molar-refractivity contribution in [3.63, 3.8) is 0 Å². The third-order valence-electron chi connectivity index (χ3n) is 3.44. The van der Waals surface area contributed by atoms with E-state index in [1.54, 1.807) is 35.6 Å². The first kappa shape index (κ1) is 14.8. The number of carbonyl (C=O) groups excluding carboxylic acids is 1. The number of aromatic nitrogens is 3. The van der Waals surface area contributed by atoms with Crippen molar-refractivity contribution in [2.75, 3.05) is 19.3 Å². The van der Waals surface area contributed by atoms with Crippen LogP contribution in [0.25, 0.3) is 0 Å². The van der Waals surface area contributed by atoms with Crippen LogP contribution in [0.5, 0.6) is 6.01 Å². The van der Waals surface area contributed by atoms with Gasteiger partial charge < -0.3 is 9.64 Å². The molecule has 1 fully saturated rings. The van der Waals surface area contributed by atoms with Gasteiger partial charge >= 0.3 is 6.01 Å². The molecule has 1 aliphatic heterocycles. The minimum atomic E-state index is -0.0687. The van der Waals surface area contributed by atoms with Gasteiger partial charge in [-0.15, -0.1) is 11.8 Å². The van der Waals surface area contributed by atoms with Crippen LogP contribution in [0.3, 0.4) is 0 Å². The predicted molar refractivity (Wildman–Crippen MR) is 83.0 cm³/mol. The van der Waals surface area contributed by atoms with Crippen LogP contribution in [0, 0.1) is 0 Å². The Morgan fingerprint density at radius 1 is 1.27 bits per heavy atom. The molecular formula is C15H16N4O2S. The van der Waals surface area contributed by atoms with Crippen LogP contribution < -0.4 is 4.74 Å². The summed E-state index contributed by atoms with van der Waals surface area (Å²) in [6.45, 7) is 1.21. The van der Waals surface area contributed by atoms with Crippen LogP contribution in [0.4, 0.5) is 0 Å². The van der Waals surface area contributed by atoms with E-state index in [1.165, 1.54) is 11.8 Å². The molecule has 0 aliphatic carbocycles. The molecule has 1 amide bonds. The van der Waals surface area contributed by atoms with Crippen molar-refractivity contribution < 1.29 is 9.53 Å². The van der Waals surface area contributed by atoms with E-state index >= 15 is 0 Å². The highest BCUT2D eigenvalue weighted by Gasteiger charge is 2.29. The minimum absolute atomic E-state index is 0.00229. The Balaban J connectivity index is 1.66. The van der Waals surface area contributed by atoms with Gasteiger partial charge in [-0.1, -0.05) is 0 Å². The van der Waals surface area contributed by atoms with Crippen LogP contribution >= 0.6 is 11.8 Å². The quantitative estimate of drug-likeness (QED) is 0.802. The second-order valence-electron chi connectivity index (χ2n) is 4.87. The van der Waals surface area contributed by atoms with Gasteiger partial charge in [0.1, 0.15) is 11.1 Å². The molecule has 0 bridgehead atoms. The number of amides is 1. The van der Waals surface area contributed by atoms with E-state index in [1.807, 2.05) is 12.3 Å². The van der Waals surface area contributed by atoms with Crippen LogP contribution in [0.1, 0.15) is 16.8 Å². The summed E-state index contributed by atoms with van der Waals surface area (Å²) >= 11 is 1.48. The van der Waals surface area contributed by atoms with Gasteiger partial charge in [0, 0.05) is 31.6 Å². The van der Waals surface area contributed by atoms with E-state index in [2.05, 4.69) is 15.0 Å². The molecule has 0 aromatic carbocycles. The third kappa shape index (κ3) is 3.19. The molecule has 0 N–H and O–H groups in total. The average Bonchev–Trinajstić information content (AvgIpc) is 3.03. The number of carbonyl (C=O) groups is 1. The van der Waals surface area contributed by atoms with Crippen LogP contribution in [0.15, 0.2) is 41.8 Å². The number of rotatable bonds is 4. The standard InChI is InChI=1S/C15H16N4O2S/c1-22-13-12(4-2-6-16-13)14(20)19-9-5-11(10-19)21-15-17-7-3-8-18-15/h2-4,6-8,11H,5,9-10H2,1H3/t11-/m1/s1. The zero-order valence-corrected chi connectivity index (χ0v) is 13.0. The lowest BCUT2D eigenvalue weighted by atomic mass is 10.2. The summed E-state index contributed by atoms with van der Waals surface area (Å²) in [4.78, 5) is 26.7. The fourth-order valence-electron chi connectivity index (χ4n) is 2.39. The SMILES string of the molecule is CSc1ncccc1C(=O)N1CC[C@@H](Oc2ncccn2)C1. The zero-order chi connectivity index (χ0) is 15.4. The summed E-state index contributed by atoms with van der Waals surface area (Å²) in [7, 11) is 0. The van der Waals surface area contributed by atoms with Crippen LogP contribution in [-0.2, 0) is 0 Å². The first-order valence-corrected chi connectivity index (χ1v) is 8.22. The van der Waals surface area contributed by atoms with Gasteiger partial charge in [-0.05, 0) is 24.5 Å². The molecule has 0 radical (unpaired) electrons. The van der Waals surface area contributed by atoms with Crippen molar-refractivity contribution in [1.29, 1.82) is 0 Å². The molecule has 1 aliphatic rings. The molecule has 2 aromatic heterocycles. The van der Waals surface area contributed by atoms with Crippen molar-refractivity contribution in [2.24, 2.45) is 0 Å². The number of nitrogens with zero attached hydrogens (tertiary/aromatic N) is 4. The number of pyridine rings is 1. The minimum Gasteiger partial charge on any atom is -0.458 e. The van der Waals surface area contributed by atoms with Crippen molar-refractivity contribution >= 4 is 17.7 Å². The largest absolute Gasteiger partial charge is 0.458 e. The molecule has 3 rings (SSSR count). The van der Waals surface area contributed by atoms with Crippen LogP contribution in [0.2, 0.25) is 0 Å². The lowest BCUT2D eigenvalue weighted by Crippen LogP contribution is -2.31. The van der Waals surface area contributed by atoms with Crippen molar-refractivity contribution in [3.05, 3.63) is 42.4 Å². The van der Waals surface area contributed by atoms with Gasteiger partial charge in [-0.3, -0.25) is 4.79 Å². The van der Waals surface area contributed by atoms with E-state index in [4.69, 9.17) is 4.74 Å². The molecule has 1 atom stereocenters. The van der Waals surface area contributed by atoms with Gasteiger partial charge in [-0.2, -0.15) is 0 Å². The fraction of sp³-hybridized carbons (Fsp3) is 0.333. The summed E-state index contributed by atoms with van der Waals surface area (Å²) in [5.41, 5.74) is 0.645. The first-order valence-electron chi connectivity index (χ1n) is 7.00. The molecule has 6 nitrogen and oxygen atoms in total. The fourth-order valence-corrected chi connectivity index (χ4v) is 2.93. The molecule has 0 spiro atoms. The topological polar surface area (TPSA) is 68.2 Å². The van der Waals surface area contributed by atoms with E-state index in [0.717, 1.165) is 11.4 Å². The van der Waals surface area contributed by atoms with Gasteiger partial charge in [0.2, 0.25) is 0 Å². The highest BCUT2D eigenvalue weighted by Crippen LogP contribution is 2.22. The lowest BCUT2D eigenvalue weighted by Gasteiger charge is -2.17. The Morgan fingerprint density at radius 3 is 2.82 bits per heavy atom. The summed E-state index contributed by atoms with van der Waals surface area (Å²) in [5.74, 6) is -0.00229. The second-order valence-corrected chi connectivity index (χ2v) is 5.67. The van der Waals surface area contributed by atoms with Crippen molar-refractivity contribution in [2.45, 2.75) is 17.6 Å². The Labute approximate surface area is 132 Å². The van der Waals surface area contributed by atoms with E-state index in [0.29, 0.717) is 24.7 Å². The molecule has 0 unspecified atom stereocenters. The third-order valence-corrected chi connectivity index (χ3v) is 4.15. The number of hydrogen-bond donors (Lipinski definition) is 0. The van der Waals surface area contributed by atoms with E-state index in [9.17, 15) is 4.79 Å². The lowest BCUT2D eigenvalue weighted by molar-refractivity contribution is 0.0765. The molecule has 22 heavy (non-hydrogen) atoms. The molecular weight excluding hydrogens is 300 g/mol. The zero-order valence-electron chi connectivity index (χ0n) is 12.2. The Morgan fingerprint density at radius 2 is 2.05 bits per heavy atom. The average molecular weight is 316 g/mol. The maximum absolute atomic E-state index is 12.6. The van der Waals surface area contributed by atoms with E-state index in [-0.39, 0.29) is 12.0 Å². The van der Waals surface area contributed by atoms with Crippen molar-refractivity contribution in [3.8, 4) is 6.01 Å². The van der Waals surface area contributed by atoms with Gasteiger partial charge in [0.15, 0.2) is 0 Å². The smallest absolute Gasteiger partial charge is 0.316 e. The van der Waals surface area contributed by atoms with Gasteiger partial charge in [0.05, 0.1) is 12.1 Å². The van der Waals surface area contributed by atoms with E-state index < -0.39 is 0 Å². The maximum Gasteiger partial charge on any atom is 0.316 e.